The molecule has 0 radical (unpaired) electrons. The molecule has 9 nitrogen and oxygen atoms in total. The van der Waals surface area contributed by atoms with Crippen LogP contribution in [0.5, 0.6) is 23.0 Å². The van der Waals surface area contributed by atoms with Crippen LogP contribution in [0.1, 0.15) is 27.8 Å². The molecule has 4 aromatic rings. The van der Waals surface area contributed by atoms with E-state index in [0.29, 0.717) is 40.9 Å². The third kappa shape index (κ3) is 7.24. The quantitative estimate of drug-likeness (QED) is 0.185. The lowest BCUT2D eigenvalue weighted by Crippen LogP contribution is -2.39. The van der Waals surface area contributed by atoms with Gasteiger partial charge in [0.2, 0.25) is 0 Å². The number of aliphatic hydroxyl groups excluding tert-OH is 1. The van der Waals surface area contributed by atoms with E-state index >= 15 is 0 Å². The second-order valence-corrected chi connectivity index (χ2v) is 10.6. The van der Waals surface area contributed by atoms with Crippen molar-refractivity contribution >= 4 is 17.6 Å². The molecule has 0 aromatic heterocycles. The van der Waals surface area contributed by atoms with E-state index in [1.807, 2.05) is 49.4 Å². The molecule has 1 heterocycles. The van der Waals surface area contributed by atoms with Crippen LogP contribution in [-0.2, 0) is 24.6 Å². The van der Waals surface area contributed by atoms with Gasteiger partial charge in [-0.1, -0.05) is 48.0 Å². The predicted molar refractivity (Wildman–Crippen MR) is 164 cm³/mol. The highest BCUT2D eigenvalue weighted by atomic mass is 35.5. The van der Waals surface area contributed by atoms with Crippen molar-refractivity contribution in [2.45, 2.75) is 32.7 Å². The minimum absolute atomic E-state index is 0.0712. The highest BCUT2D eigenvalue weighted by Crippen LogP contribution is 2.37. The lowest BCUT2D eigenvalue weighted by atomic mass is 9.96. The van der Waals surface area contributed by atoms with Gasteiger partial charge in [0.15, 0.2) is 11.5 Å². The van der Waals surface area contributed by atoms with Gasteiger partial charge in [-0.25, -0.2) is 0 Å². The molecule has 1 unspecified atom stereocenters. The molecule has 1 aliphatic heterocycles. The normalized spacial score (nSPS) is 12.7. The summed E-state index contributed by atoms with van der Waals surface area (Å²) in [6, 6.07) is 23.2. The molecule has 44 heavy (non-hydrogen) atoms. The van der Waals surface area contributed by atoms with Crippen LogP contribution in [-0.4, -0.2) is 42.0 Å². The molecule has 1 aliphatic rings. The van der Waals surface area contributed by atoms with Gasteiger partial charge in [-0.2, -0.15) is 5.26 Å². The van der Waals surface area contributed by atoms with Crippen molar-refractivity contribution in [1.29, 1.82) is 5.26 Å². The first-order valence-corrected chi connectivity index (χ1v) is 14.4. The van der Waals surface area contributed by atoms with Gasteiger partial charge in [-0.05, 0) is 65.1 Å². The van der Waals surface area contributed by atoms with Crippen LogP contribution in [0.15, 0.2) is 72.8 Å². The van der Waals surface area contributed by atoms with E-state index in [-0.39, 0.29) is 19.8 Å². The molecule has 5 rings (SSSR count). The standard InChI is InChI=1S/C34H31ClN2O7/c1-21-25(6-3-7-27(21)24-8-9-30-33(14-24)42-11-10-41-30)20-44-32-15-31(43-19-23-5-2-4-22(12-23)16-36)26(13-28(32)35)17-37-29(18-38)34(39)40/h2-9,12-15,29,37-38H,10-11,17-20H2,1H3,(H,39,40). The van der Waals surface area contributed by atoms with Crippen LogP contribution >= 0.6 is 11.6 Å². The van der Waals surface area contributed by atoms with E-state index in [0.717, 1.165) is 39.3 Å². The number of fused-ring (bicyclic) bond motifs is 1. The van der Waals surface area contributed by atoms with Gasteiger partial charge in [-0.3, -0.25) is 10.1 Å². The van der Waals surface area contributed by atoms with Gasteiger partial charge in [0.05, 0.1) is 23.3 Å². The SMILES string of the molecule is Cc1c(COc2cc(OCc3cccc(C#N)c3)c(CNC(CO)C(=O)O)cc2Cl)cccc1-c1ccc2c(c1)OCCO2. The number of benzene rings is 4. The fourth-order valence-corrected chi connectivity index (χ4v) is 5.07. The average Bonchev–Trinajstić information content (AvgIpc) is 3.04. The van der Waals surface area contributed by atoms with Gasteiger partial charge in [0.1, 0.15) is 44.0 Å². The number of aliphatic carboxylic acids is 1. The number of rotatable bonds is 12. The van der Waals surface area contributed by atoms with Crippen LogP contribution in [0.2, 0.25) is 5.02 Å². The third-order valence-corrected chi connectivity index (χ3v) is 7.56. The number of hydrogen-bond donors (Lipinski definition) is 3. The number of nitrogens with one attached hydrogen (secondary N) is 1. The van der Waals surface area contributed by atoms with Crippen molar-refractivity contribution in [1.82, 2.24) is 5.32 Å². The Balaban J connectivity index is 1.37. The van der Waals surface area contributed by atoms with E-state index in [1.165, 1.54) is 0 Å². The fourth-order valence-electron chi connectivity index (χ4n) is 4.83. The Hall–Kier alpha value is -4.75. The van der Waals surface area contributed by atoms with E-state index in [2.05, 4.69) is 11.4 Å². The molecule has 0 spiro atoms. The zero-order valence-corrected chi connectivity index (χ0v) is 24.8. The first kappa shape index (κ1) is 30.7. The van der Waals surface area contributed by atoms with Crippen molar-refractivity contribution in [2.75, 3.05) is 19.8 Å². The minimum Gasteiger partial charge on any atom is -0.488 e. The summed E-state index contributed by atoms with van der Waals surface area (Å²) in [5.74, 6) is 1.08. The van der Waals surface area contributed by atoms with E-state index < -0.39 is 18.6 Å². The Bertz CT molecular complexity index is 1700. The number of nitrogens with zero attached hydrogens (tertiary/aromatic N) is 1. The molecular weight excluding hydrogens is 584 g/mol. The second kappa shape index (κ2) is 14.1. The summed E-state index contributed by atoms with van der Waals surface area (Å²) in [7, 11) is 0. The Morgan fingerprint density at radius 2 is 1.75 bits per heavy atom. The fraction of sp³-hybridized carbons (Fsp3) is 0.235. The maximum Gasteiger partial charge on any atom is 0.323 e. The Morgan fingerprint density at radius 1 is 0.977 bits per heavy atom. The van der Waals surface area contributed by atoms with Crippen LogP contribution in [0.3, 0.4) is 0 Å². The monoisotopic (exact) mass is 614 g/mol. The Labute approximate surface area is 260 Å². The van der Waals surface area contributed by atoms with Gasteiger partial charge in [0.25, 0.3) is 0 Å². The molecule has 3 N–H and O–H groups in total. The summed E-state index contributed by atoms with van der Waals surface area (Å²) >= 11 is 6.63. The summed E-state index contributed by atoms with van der Waals surface area (Å²) in [6.07, 6.45) is 0. The molecule has 4 aromatic carbocycles. The molecule has 0 bridgehead atoms. The largest absolute Gasteiger partial charge is 0.488 e. The molecule has 0 aliphatic carbocycles. The number of hydrogen-bond acceptors (Lipinski definition) is 8. The number of carboxylic acid groups (broad SMARTS) is 1. The zero-order valence-electron chi connectivity index (χ0n) is 24.0. The lowest BCUT2D eigenvalue weighted by molar-refractivity contribution is -0.140. The van der Waals surface area contributed by atoms with Crippen molar-refractivity contribution < 1.29 is 34.0 Å². The highest BCUT2D eigenvalue weighted by molar-refractivity contribution is 6.32. The summed E-state index contributed by atoms with van der Waals surface area (Å²) in [4.78, 5) is 11.4. The molecule has 0 saturated carbocycles. The molecule has 0 fully saturated rings. The maximum absolute atomic E-state index is 11.4. The van der Waals surface area contributed by atoms with Crippen LogP contribution < -0.4 is 24.3 Å². The molecule has 10 heteroatoms. The number of carboxylic acids is 1. The van der Waals surface area contributed by atoms with Crippen LogP contribution in [0.4, 0.5) is 0 Å². The van der Waals surface area contributed by atoms with Crippen molar-refractivity contribution in [3.63, 3.8) is 0 Å². The van der Waals surface area contributed by atoms with E-state index in [9.17, 15) is 20.3 Å². The summed E-state index contributed by atoms with van der Waals surface area (Å²) in [5, 5.41) is 31.1. The van der Waals surface area contributed by atoms with E-state index in [1.54, 1.807) is 30.3 Å². The van der Waals surface area contributed by atoms with Gasteiger partial charge < -0.3 is 29.2 Å². The van der Waals surface area contributed by atoms with Crippen LogP contribution in [0.25, 0.3) is 11.1 Å². The topological polar surface area (TPSA) is 130 Å². The number of ether oxygens (including phenoxy) is 4. The Kier molecular flexibility index (Phi) is 9.87. The molecule has 0 saturated heterocycles. The number of aliphatic hydroxyl groups is 1. The van der Waals surface area contributed by atoms with E-state index in [4.69, 9.17) is 30.5 Å². The molecular formula is C34H31ClN2O7. The summed E-state index contributed by atoms with van der Waals surface area (Å²) < 4.78 is 23.7. The Morgan fingerprint density at radius 3 is 2.52 bits per heavy atom. The molecule has 0 amide bonds. The smallest absolute Gasteiger partial charge is 0.323 e. The van der Waals surface area contributed by atoms with Crippen molar-refractivity contribution in [3.8, 4) is 40.2 Å². The molecule has 1 atom stereocenters. The third-order valence-electron chi connectivity index (χ3n) is 7.27. The van der Waals surface area contributed by atoms with Crippen molar-refractivity contribution in [2.24, 2.45) is 0 Å². The first-order valence-electron chi connectivity index (χ1n) is 14.0. The van der Waals surface area contributed by atoms with Gasteiger partial charge in [-0.15, -0.1) is 0 Å². The summed E-state index contributed by atoms with van der Waals surface area (Å²) in [5.41, 5.74) is 5.91. The highest BCUT2D eigenvalue weighted by Gasteiger charge is 2.19. The maximum atomic E-state index is 11.4. The van der Waals surface area contributed by atoms with Gasteiger partial charge >= 0.3 is 5.97 Å². The molecule has 226 valence electrons. The predicted octanol–water partition coefficient (Wildman–Crippen LogP) is 5.65. The lowest BCUT2D eigenvalue weighted by Gasteiger charge is -2.20. The number of halogens is 1. The van der Waals surface area contributed by atoms with Crippen LogP contribution in [0, 0.1) is 18.3 Å². The second-order valence-electron chi connectivity index (χ2n) is 10.2. The summed E-state index contributed by atoms with van der Waals surface area (Å²) in [6.45, 7) is 2.96. The van der Waals surface area contributed by atoms with Gasteiger partial charge in [0, 0.05) is 18.2 Å². The van der Waals surface area contributed by atoms with Crippen molar-refractivity contribution in [3.05, 3.63) is 106 Å². The number of carbonyl (C=O) groups is 1. The minimum atomic E-state index is -1.18. The zero-order chi connectivity index (χ0) is 31.1. The number of nitriles is 1. The first-order chi connectivity index (χ1) is 21.4. The average molecular weight is 615 g/mol.